The number of nitrogens with zero attached hydrogens (tertiary/aromatic N) is 4. The van der Waals surface area contributed by atoms with Crippen molar-refractivity contribution in [3.8, 4) is 0 Å². The fourth-order valence-electron chi connectivity index (χ4n) is 3.82. The molecule has 0 radical (unpaired) electrons. The number of likely N-dealkylation sites (tertiary alicyclic amines) is 1. The molecule has 0 aromatic carbocycles. The number of alkyl halides is 1. The van der Waals surface area contributed by atoms with Gasteiger partial charge in [-0.15, -0.1) is 0 Å². The number of halogens is 1. The Hall–Kier alpha value is -2.51. The van der Waals surface area contributed by atoms with Crippen molar-refractivity contribution in [2.75, 3.05) is 13.1 Å². The zero-order valence-electron chi connectivity index (χ0n) is 16.6. The van der Waals surface area contributed by atoms with Crippen molar-refractivity contribution >= 4 is 22.9 Å². The first-order valence-electron chi connectivity index (χ1n) is 9.63. The fourth-order valence-corrected chi connectivity index (χ4v) is 3.82. The minimum absolute atomic E-state index is 0.0800. The van der Waals surface area contributed by atoms with E-state index in [0.29, 0.717) is 28.2 Å². The van der Waals surface area contributed by atoms with E-state index in [4.69, 9.17) is 10.1 Å². The van der Waals surface area contributed by atoms with Crippen molar-refractivity contribution in [1.82, 2.24) is 19.7 Å². The fraction of sp³-hybridized carbons (Fsp3) is 0.600. The van der Waals surface area contributed by atoms with Gasteiger partial charge in [-0.3, -0.25) is 4.79 Å². The maximum Gasteiger partial charge on any atom is 0.343 e. The number of carboxylic acids is 1. The molecule has 2 fully saturated rings. The number of carboxylic acid groups (broad SMARTS) is 1. The third kappa shape index (κ3) is 2.95. The average Bonchev–Trinajstić information content (AvgIpc) is 3.30. The third-order valence-electron chi connectivity index (χ3n) is 5.58. The number of aryl methyl sites for hydroxylation is 1. The van der Waals surface area contributed by atoms with Crippen molar-refractivity contribution in [3.05, 3.63) is 23.0 Å². The summed E-state index contributed by atoms with van der Waals surface area (Å²) in [7, 11) is 0. The Morgan fingerprint density at radius 1 is 1.32 bits per heavy atom. The molecule has 2 aromatic rings. The molecular weight excluding hydrogens is 363 g/mol. The summed E-state index contributed by atoms with van der Waals surface area (Å²) in [6, 6.07) is 1.79. The first kappa shape index (κ1) is 18.8. The van der Waals surface area contributed by atoms with Gasteiger partial charge in [-0.25, -0.2) is 18.9 Å². The second-order valence-corrected chi connectivity index (χ2v) is 8.98. The number of hydrogen-bond acceptors (Lipinski definition) is 4. The van der Waals surface area contributed by atoms with Gasteiger partial charge in [-0.1, -0.05) is 0 Å². The summed E-state index contributed by atoms with van der Waals surface area (Å²) in [6.07, 6.45) is 1.87. The Kier molecular flexibility index (Phi) is 4.03. The summed E-state index contributed by atoms with van der Waals surface area (Å²) >= 11 is 0. The molecular formula is C20H25FN4O3. The van der Waals surface area contributed by atoms with Crippen LogP contribution < -0.4 is 0 Å². The van der Waals surface area contributed by atoms with Crippen molar-refractivity contribution in [3.63, 3.8) is 0 Å². The van der Waals surface area contributed by atoms with Gasteiger partial charge in [0.15, 0.2) is 5.65 Å². The highest BCUT2D eigenvalue weighted by atomic mass is 19.1. The number of carbonyl (C=O) groups is 2. The molecule has 1 aliphatic heterocycles. The Morgan fingerprint density at radius 3 is 2.54 bits per heavy atom. The van der Waals surface area contributed by atoms with Crippen LogP contribution in [-0.4, -0.2) is 55.4 Å². The van der Waals surface area contributed by atoms with E-state index in [9.17, 15) is 14.0 Å². The van der Waals surface area contributed by atoms with Crippen LogP contribution in [-0.2, 0) is 10.3 Å². The lowest BCUT2D eigenvalue weighted by atomic mass is 10.1. The van der Waals surface area contributed by atoms with Gasteiger partial charge < -0.3 is 10.0 Å². The first-order valence-corrected chi connectivity index (χ1v) is 9.63. The van der Waals surface area contributed by atoms with Crippen LogP contribution in [0.5, 0.6) is 0 Å². The molecule has 3 heterocycles. The van der Waals surface area contributed by atoms with E-state index in [1.165, 1.54) is 4.90 Å². The minimum atomic E-state index is -2.38. The number of aliphatic carboxylic acids is 1. The molecule has 1 saturated heterocycles. The molecule has 1 aliphatic carbocycles. The van der Waals surface area contributed by atoms with E-state index in [-0.39, 0.29) is 24.4 Å². The zero-order chi connectivity index (χ0) is 20.4. The van der Waals surface area contributed by atoms with Gasteiger partial charge in [0, 0.05) is 24.6 Å². The molecule has 1 atom stereocenters. The first-order chi connectivity index (χ1) is 13.0. The zero-order valence-corrected chi connectivity index (χ0v) is 16.6. The predicted molar refractivity (Wildman–Crippen MR) is 101 cm³/mol. The molecule has 1 N–H and O–H groups in total. The second kappa shape index (κ2) is 5.99. The Bertz CT molecular complexity index is 989. The summed E-state index contributed by atoms with van der Waals surface area (Å²) in [5, 5.41) is 14.4. The molecule has 1 saturated carbocycles. The van der Waals surface area contributed by atoms with Gasteiger partial charge >= 0.3 is 5.97 Å². The number of fused-ring (bicyclic) bond motifs is 1. The summed E-state index contributed by atoms with van der Waals surface area (Å²) in [4.78, 5) is 30.6. The summed E-state index contributed by atoms with van der Waals surface area (Å²) < 4.78 is 16.3. The van der Waals surface area contributed by atoms with Gasteiger partial charge in [0.25, 0.3) is 5.91 Å². The molecule has 2 aromatic heterocycles. The van der Waals surface area contributed by atoms with Crippen LogP contribution in [0.3, 0.4) is 0 Å². The molecule has 2 aliphatic rings. The van der Waals surface area contributed by atoms with Crippen molar-refractivity contribution in [2.24, 2.45) is 0 Å². The van der Waals surface area contributed by atoms with Crippen LogP contribution in [0.1, 0.15) is 67.7 Å². The normalized spacial score (nSPS) is 22.8. The Labute approximate surface area is 162 Å². The largest absolute Gasteiger partial charge is 0.479 e. The molecule has 1 amide bonds. The Balaban J connectivity index is 1.83. The topological polar surface area (TPSA) is 88.3 Å². The number of rotatable bonds is 3. The van der Waals surface area contributed by atoms with Gasteiger partial charge in [0.05, 0.1) is 28.7 Å². The monoisotopic (exact) mass is 388 g/mol. The lowest BCUT2D eigenvalue weighted by molar-refractivity contribution is -0.149. The van der Waals surface area contributed by atoms with E-state index in [1.807, 2.05) is 32.4 Å². The van der Waals surface area contributed by atoms with Crippen LogP contribution in [0.4, 0.5) is 4.39 Å². The predicted octanol–water partition coefficient (Wildman–Crippen LogP) is 3.01. The SMILES string of the molecule is Cc1nn(C(C)(C)C)c2nc(C3CC3)cc(C(=O)N3CCC(F)(C(=O)O)C3)c12. The quantitative estimate of drug-likeness (QED) is 0.873. The van der Waals surface area contributed by atoms with Crippen molar-refractivity contribution in [2.45, 2.75) is 64.1 Å². The summed E-state index contributed by atoms with van der Waals surface area (Å²) in [5.41, 5.74) is -0.0628. The molecule has 4 rings (SSSR count). The van der Waals surface area contributed by atoms with Crippen LogP contribution in [0, 0.1) is 6.92 Å². The number of hydrogen-bond donors (Lipinski definition) is 1. The number of aromatic nitrogens is 3. The smallest absolute Gasteiger partial charge is 0.343 e. The molecule has 28 heavy (non-hydrogen) atoms. The maximum atomic E-state index is 14.5. The molecule has 0 bridgehead atoms. The number of carbonyl (C=O) groups excluding carboxylic acids is 1. The minimum Gasteiger partial charge on any atom is -0.479 e. The van der Waals surface area contributed by atoms with Crippen molar-refractivity contribution in [1.29, 1.82) is 0 Å². The highest BCUT2D eigenvalue weighted by Crippen LogP contribution is 2.41. The van der Waals surface area contributed by atoms with Gasteiger partial charge in [-0.2, -0.15) is 5.10 Å². The number of amides is 1. The van der Waals surface area contributed by atoms with E-state index >= 15 is 0 Å². The lowest BCUT2D eigenvalue weighted by Crippen LogP contribution is -2.39. The maximum absolute atomic E-state index is 14.5. The molecule has 0 spiro atoms. The van der Waals surface area contributed by atoms with Gasteiger partial charge in [0.2, 0.25) is 5.67 Å². The van der Waals surface area contributed by atoms with E-state index in [1.54, 1.807) is 6.07 Å². The van der Waals surface area contributed by atoms with Crippen LogP contribution >= 0.6 is 0 Å². The second-order valence-electron chi connectivity index (χ2n) is 8.98. The molecule has 8 heteroatoms. The van der Waals surface area contributed by atoms with E-state index < -0.39 is 18.2 Å². The molecule has 150 valence electrons. The molecule has 1 unspecified atom stereocenters. The van der Waals surface area contributed by atoms with Gasteiger partial charge in [-0.05, 0) is 46.6 Å². The Morgan fingerprint density at radius 2 is 2.00 bits per heavy atom. The summed E-state index contributed by atoms with van der Waals surface area (Å²) in [6.45, 7) is 7.55. The highest BCUT2D eigenvalue weighted by Gasteiger charge is 2.47. The third-order valence-corrected chi connectivity index (χ3v) is 5.58. The average molecular weight is 388 g/mol. The van der Waals surface area contributed by atoms with Crippen LogP contribution in [0.15, 0.2) is 6.07 Å². The summed E-state index contributed by atoms with van der Waals surface area (Å²) in [5.74, 6) is -1.54. The van der Waals surface area contributed by atoms with E-state index in [2.05, 4.69) is 5.10 Å². The number of pyridine rings is 1. The van der Waals surface area contributed by atoms with Crippen LogP contribution in [0.25, 0.3) is 11.0 Å². The molecule has 7 nitrogen and oxygen atoms in total. The van der Waals surface area contributed by atoms with Crippen molar-refractivity contribution < 1.29 is 19.1 Å². The van der Waals surface area contributed by atoms with Gasteiger partial charge in [0.1, 0.15) is 0 Å². The van der Waals surface area contributed by atoms with Crippen LogP contribution in [0.2, 0.25) is 0 Å². The standard InChI is InChI=1S/C20H25FN4O3/c1-11-15-13(17(26)24-8-7-20(21,10-24)18(27)28)9-14(12-5-6-12)22-16(15)25(23-11)19(2,3)4/h9,12H,5-8,10H2,1-4H3,(H,27,28). The lowest BCUT2D eigenvalue weighted by Gasteiger charge is -2.21. The van der Waals surface area contributed by atoms with E-state index in [0.717, 1.165) is 18.5 Å². The highest BCUT2D eigenvalue weighted by molar-refractivity contribution is 6.07.